The first-order chi connectivity index (χ1) is 8.54. The molecule has 0 saturated heterocycles. The summed E-state index contributed by atoms with van der Waals surface area (Å²) in [5.41, 5.74) is 9.80. The average Bonchev–Trinajstić information content (AvgIpc) is 2.88. The number of nitrogen functional groups attached to an aromatic ring is 1. The fourth-order valence-electron chi connectivity index (χ4n) is 2.19. The highest BCUT2D eigenvalue weighted by molar-refractivity contribution is 7.13. The topological polar surface area (TPSA) is 43.8 Å². The van der Waals surface area contributed by atoms with Crippen LogP contribution < -0.4 is 5.73 Å². The van der Waals surface area contributed by atoms with E-state index in [9.17, 15) is 0 Å². The van der Waals surface area contributed by atoms with E-state index in [1.807, 2.05) is 7.05 Å². The zero-order chi connectivity index (χ0) is 13.3. The summed E-state index contributed by atoms with van der Waals surface area (Å²) in [7, 11) is 1.92. The van der Waals surface area contributed by atoms with Crippen molar-refractivity contribution in [1.82, 2.24) is 9.78 Å². The summed E-state index contributed by atoms with van der Waals surface area (Å²) in [6, 6.07) is 2.18. The van der Waals surface area contributed by atoms with Gasteiger partial charge in [0.05, 0.1) is 4.88 Å². The third-order valence-electron chi connectivity index (χ3n) is 3.15. The molecule has 0 bridgehead atoms. The molecule has 3 nitrogen and oxygen atoms in total. The standard InChI is InChI=1S/C14H21N3S/c1-5-10-6-7-18-13(10)12-11(8-9(2)3)14(15)17(4)16-12/h6-7,9H,5,8,15H2,1-4H3. The lowest BCUT2D eigenvalue weighted by atomic mass is 10.0. The molecule has 2 N–H and O–H groups in total. The van der Waals surface area contributed by atoms with Gasteiger partial charge in [0, 0.05) is 12.6 Å². The molecule has 0 saturated carbocycles. The third-order valence-corrected chi connectivity index (χ3v) is 4.11. The summed E-state index contributed by atoms with van der Waals surface area (Å²) in [5, 5.41) is 6.75. The van der Waals surface area contributed by atoms with Crippen LogP contribution in [0.25, 0.3) is 10.6 Å². The van der Waals surface area contributed by atoms with Gasteiger partial charge in [-0.15, -0.1) is 11.3 Å². The number of hydrogen-bond donors (Lipinski definition) is 1. The third kappa shape index (κ3) is 2.29. The van der Waals surface area contributed by atoms with Crippen LogP contribution in [0.2, 0.25) is 0 Å². The van der Waals surface area contributed by atoms with Crippen LogP contribution in [0.1, 0.15) is 31.9 Å². The zero-order valence-electron chi connectivity index (χ0n) is 11.5. The first-order valence-electron chi connectivity index (χ1n) is 6.42. The van der Waals surface area contributed by atoms with E-state index in [0.717, 1.165) is 24.4 Å². The molecule has 18 heavy (non-hydrogen) atoms. The van der Waals surface area contributed by atoms with Gasteiger partial charge in [0.1, 0.15) is 11.5 Å². The van der Waals surface area contributed by atoms with Gasteiger partial charge < -0.3 is 5.73 Å². The van der Waals surface area contributed by atoms with E-state index in [-0.39, 0.29) is 0 Å². The van der Waals surface area contributed by atoms with Crippen molar-refractivity contribution >= 4 is 17.2 Å². The minimum absolute atomic E-state index is 0.584. The largest absolute Gasteiger partial charge is 0.384 e. The van der Waals surface area contributed by atoms with E-state index in [4.69, 9.17) is 5.73 Å². The normalized spacial score (nSPS) is 11.4. The molecule has 0 amide bonds. The first-order valence-corrected chi connectivity index (χ1v) is 7.30. The average molecular weight is 263 g/mol. The lowest BCUT2D eigenvalue weighted by Crippen LogP contribution is -2.02. The quantitative estimate of drug-likeness (QED) is 0.917. The molecule has 2 aromatic rings. The van der Waals surface area contributed by atoms with E-state index >= 15 is 0 Å². The van der Waals surface area contributed by atoms with Crippen LogP contribution in [0, 0.1) is 5.92 Å². The van der Waals surface area contributed by atoms with E-state index in [2.05, 4.69) is 37.3 Å². The Hall–Kier alpha value is -1.29. The van der Waals surface area contributed by atoms with Crippen LogP contribution in [0.5, 0.6) is 0 Å². The van der Waals surface area contributed by atoms with E-state index in [1.165, 1.54) is 16.0 Å². The molecule has 98 valence electrons. The number of thiophene rings is 1. The van der Waals surface area contributed by atoms with Gasteiger partial charge in [-0.05, 0) is 35.8 Å². The maximum absolute atomic E-state index is 6.15. The molecule has 2 aromatic heterocycles. The van der Waals surface area contributed by atoms with Crippen molar-refractivity contribution in [2.75, 3.05) is 5.73 Å². The summed E-state index contributed by atoms with van der Waals surface area (Å²) < 4.78 is 1.80. The second-order valence-electron chi connectivity index (χ2n) is 5.06. The van der Waals surface area contributed by atoms with Crippen molar-refractivity contribution in [2.45, 2.75) is 33.6 Å². The number of aryl methyl sites for hydroxylation is 2. The molecule has 0 spiro atoms. The van der Waals surface area contributed by atoms with Crippen LogP contribution >= 0.6 is 11.3 Å². The molecular weight excluding hydrogens is 242 g/mol. The molecular formula is C14H21N3S. The fourth-order valence-corrected chi connectivity index (χ4v) is 3.20. The second kappa shape index (κ2) is 5.14. The smallest absolute Gasteiger partial charge is 0.125 e. The Morgan fingerprint density at radius 2 is 2.17 bits per heavy atom. The van der Waals surface area contributed by atoms with E-state index in [1.54, 1.807) is 16.0 Å². The predicted molar refractivity (Wildman–Crippen MR) is 78.9 cm³/mol. The van der Waals surface area contributed by atoms with Crippen molar-refractivity contribution in [3.8, 4) is 10.6 Å². The molecule has 0 unspecified atom stereocenters. The van der Waals surface area contributed by atoms with Gasteiger partial charge in [-0.3, -0.25) is 4.68 Å². The molecule has 0 aliphatic heterocycles. The Morgan fingerprint density at radius 1 is 1.44 bits per heavy atom. The number of aromatic nitrogens is 2. The summed E-state index contributed by atoms with van der Waals surface area (Å²) in [4.78, 5) is 1.28. The number of anilines is 1. The minimum Gasteiger partial charge on any atom is -0.384 e. The van der Waals surface area contributed by atoms with Gasteiger partial charge in [-0.1, -0.05) is 20.8 Å². The molecule has 0 radical (unpaired) electrons. The summed E-state index contributed by atoms with van der Waals surface area (Å²) in [6.45, 7) is 6.61. The van der Waals surface area contributed by atoms with Crippen LogP contribution in [0.15, 0.2) is 11.4 Å². The van der Waals surface area contributed by atoms with Crippen LogP contribution in [0.3, 0.4) is 0 Å². The molecule has 0 aliphatic carbocycles. The van der Waals surface area contributed by atoms with Crippen LogP contribution in [-0.2, 0) is 19.9 Å². The number of nitrogens with two attached hydrogens (primary N) is 1. The Kier molecular flexibility index (Phi) is 3.76. The molecule has 2 heterocycles. The second-order valence-corrected chi connectivity index (χ2v) is 5.98. The van der Waals surface area contributed by atoms with Gasteiger partial charge in [0.15, 0.2) is 0 Å². The Morgan fingerprint density at radius 3 is 2.78 bits per heavy atom. The SMILES string of the molecule is CCc1ccsc1-c1nn(C)c(N)c1CC(C)C. The van der Waals surface area contributed by atoms with E-state index < -0.39 is 0 Å². The molecule has 0 fully saturated rings. The minimum atomic E-state index is 0.584. The summed E-state index contributed by atoms with van der Waals surface area (Å²) >= 11 is 1.76. The molecule has 0 aliphatic rings. The number of hydrogen-bond acceptors (Lipinski definition) is 3. The maximum atomic E-state index is 6.15. The first kappa shape index (κ1) is 13.1. The van der Waals surface area contributed by atoms with Gasteiger partial charge >= 0.3 is 0 Å². The highest BCUT2D eigenvalue weighted by Gasteiger charge is 2.19. The fraction of sp³-hybridized carbons (Fsp3) is 0.500. The van der Waals surface area contributed by atoms with Crippen LogP contribution in [-0.4, -0.2) is 9.78 Å². The Labute approximate surface area is 113 Å². The monoisotopic (exact) mass is 263 g/mol. The summed E-state index contributed by atoms with van der Waals surface area (Å²) in [6.07, 6.45) is 2.02. The molecule has 4 heteroatoms. The maximum Gasteiger partial charge on any atom is 0.125 e. The van der Waals surface area contributed by atoms with Crippen LogP contribution in [0.4, 0.5) is 5.82 Å². The van der Waals surface area contributed by atoms with Crippen molar-refractivity contribution in [2.24, 2.45) is 13.0 Å². The van der Waals surface area contributed by atoms with Gasteiger partial charge in [0.2, 0.25) is 0 Å². The zero-order valence-corrected chi connectivity index (χ0v) is 12.3. The Bertz CT molecular complexity index is 537. The number of rotatable bonds is 4. The Balaban J connectivity index is 2.53. The van der Waals surface area contributed by atoms with Gasteiger partial charge in [-0.2, -0.15) is 5.10 Å². The molecule has 0 aromatic carbocycles. The van der Waals surface area contributed by atoms with Crippen molar-refractivity contribution in [3.63, 3.8) is 0 Å². The molecule has 0 atom stereocenters. The van der Waals surface area contributed by atoms with Gasteiger partial charge in [0.25, 0.3) is 0 Å². The highest BCUT2D eigenvalue weighted by Crippen LogP contribution is 2.35. The lowest BCUT2D eigenvalue weighted by molar-refractivity contribution is 0.649. The molecule has 2 rings (SSSR count). The highest BCUT2D eigenvalue weighted by atomic mass is 32.1. The van der Waals surface area contributed by atoms with Crippen molar-refractivity contribution in [1.29, 1.82) is 0 Å². The summed E-state index contributed by atoms with van der Waals surface area (Å²) in [5.74, 6) is 1.38. The van der Waals surface area contributed by atoms with Crippen molar-refractivity contribution < 1.29 is 0 Å². The number of nitrogens with zero attached hydrogens (tertiary/aromatic N) is 2. The van der Waals surface area contributed by atoms with E-state index in [0.29, 0.717) is 5.92 Å². The lowest BCUT2D eigenvalue weighted by Gasteiger charge is -2.06. The van der Waals surface area contributed by atoms with Gasteiger partial charge in [-0.25, -0.2) is 0 Å². The predicted octanol–water partition coefficient (Wildman–Crippen LogP) is 3.49. The van der Waals surface area contributed by atoms with Crippen molar-refractivity contribution in [3.05, 3.63) is 22.6 Å².